The molecule has 1 aromatic carbocycles. The lowest BCUT2D eigenvalue weighted by Crippen LogP contribution is -2.37. The second kappa shape index (κ2) is 7.50. The number of hydrogen-bond acceptors (Lipinski definition) is 4. The Morgan fingerprint density at radius 3 is 2.71 bits per heavy atom. The van der Waals surface area contributed by atoms with Gasteiger partial charge in [-0.15, -0.1) is 0 Å². The summed E-state index contributed by atoms with van der Waals surface area (Å²) in [6.07, 6.45) is 0.586. The summed E-state index contributed by atoms with van der Waals surface area (Å²) in [6, 6.07) is 12.6. The van der Waals surface area contributed by atoms with Crippen molar-refractivity contribution < 1.29 is 19.1 Å². The molecular formula is C16H19NO4. The molecule has 0 unspecified atom stereocenters. The van der Waals surface area contributed by atoms with Gasteiger partial charge in [-0.3, -0.25) is 4.79 Å². The molecular weight excluding hydrogens is 270 g/mol. The van der Waals surface area contributed by atoms with E-state index in [-0.39, 0.29) is 5.91 Å². The molecule has 1 amide bonds. The first-order chi connectivity index (χ1) is 10.2. The largest absolute Gasteiger partial charge is 0.481 e. The third-order valence-electron chi connectivity index (χ3n) is 3.01. The van der Waals surface area contributed by atoms with Crippen molar-refractivity contribution in [3.8, 4) is 5.75 Å². The molecule has 0 spiro atoms. The maximum absolute atomic E-state index is 11.9. The third-order valence-corrected chi connectivity index (χ3v) is 3.01. The van der Waals surface area contributed by atoms with Gasteiger partial charge in [0.2, 0.25) is 0 Å². The zero-order valence-corrected chi connectivity index (χ0v) is 11.9. The summed E-state index contributed by atoms with van der Waals surface area (Å²) >= 11 is 0. The Morgan fingerprint density at radius 2 is 2.05 bits per heavy atom. The molecule has 0 saturated carbocycles. The van der Waals surface area contributed by atoms with Crippen molar-refractivity contribution in [2.24, 2.45) is 0 Å². The quantitative estimate of drug-likeness (QED) is 0.820. The van der Waals surface area contributed by atoms with Gasteiger partial charge in [-0.1, -0.05) is 18.2 Å². The molecule has 2 atom stereocenters. The van der Waals surface area contributed by atoms with Crippen LogP contribution < -0.4 is 10.1 Å². The Labute approximate surface area is 123 Å². The van der Waals surface area contributed by atoms with Gasteiger partial charge >= 0.3 is 0 Å². The minimum atomic E-state index is -0.717. The van der Waals surface area contributed by atoms with Crippen LogP contribution in [0.15, 0.2) is 53.1 Å². The van der Waals surface area contributed by atoms with E-state index >= 15 is 0 Å². The zero-order chi connectivity index (χ0) is 15.1. The molecule has 5 nitrogen and oxygen atoms in total. The number of ether oxygens (including phenoxy) is 1. The molecule has 5 heteroatoms. The molecule has 2 rings (SSSR count). The van der Waals surface area contributed by atoms with E-state index in [1.54, 1.807) is 31.2 Å². The van der Waals surface area contributed by atoms with E-state index in [0.717, 1.165) is 0 Å². The van der Waals surface area contributed by atoms with Crippen LogP contribution in [0.5, 0.6) is 5.75 Å². The van der Waals surface area contributed by atoms with E-state index in [0.29, 0.717) is 24.5 Å². The smallest absolute Gasteiger partial charge is 0.260 e. The number of carbonyl (C=O) groups excluding carboxylic acids is 1. The summed E-state index contributed by atoms with van der Waals surface area (Å²) in [6.45, 7) is 2.04. The maximum Gasteiger partial charge on any atom is 0.260 e. The highest BCUT2D eigenvalue weighted by molar-refractivity contribution is 5.80. The first-order valence-corrected chi connectivity index (χ1v) is 6.87. The second-order valence-corrected chi connectivity index (χ2v) is 4.68. The Bertz CT molecular complexity index is 539. The van der Waals surface area contributed by atoms with Crippen molar-refractivity contribution >= 4 is 5.91 Å². The third kappa shape index (κ3) is 4.65. The molecule has 0 radical (unpaired) electrons. The summed E-state index contributed by atoms with van der Waals surface area (Å²) in [5, 5.41) is 12.5. The summed E-state index contributed by atoms with van der Waals surface area (Å²) in [7, 11) is 0. The number of carbonyl (C=O) groups is 1. The topological polar surface area (TPSA) is 71.7 Å². The van der Waals surface area contributed by atoms with Crippen LogP contribution in [-0.4, -0.2) is 23.7 Å². The number of amides is 1. The zero-order valence-electron chi connectivity index (χ0n) is 11.9. The maximum atomic E-state index is 11.9. The molecule has 21 heavy (non-hydrogen) atoms. The number of rotatable bonds is 7. The molecule has 0 saturated heterocycles. The van der Waals surface area contributed by atoms with Crippen molar-refractivity contribution in [1.82, 2.24) is 5.32 Å². The van der Waals surface area contributed by atoms with Crippen molar-refractivity contribution in [2.45, 2.75) is 25.6 Å². The van der Waals surface area contributed by atoms with Crippen LogP contribution in [0.3, 0.4) is 0 Å². The minimum Gasteiger partial charge on any atom is -0.481 e. The first kappa shape index (κ1) is 15.1. The average molecular weight is 289 g/mol. The number of benzene rings is 1. The van der Waals surface area contributed by atoms with Gasteiger partial charge in [-0.25, -0.2) is 0 Å². The van der Waals surface area contributed by atoms with Gasteiger partial charge in [0, 0.05) is 6.54 Å². The minimum absolute atomic E-state index is 0.217. The molecule has 1 aromatic heterocycles. The summed E-state index contributed by atoms with van der Waals surface area (Å²) in [5.41, 5.74) is 0. The Balaban J connectivity index is 1.71. The molecule has 0 aliphatic heterocycles. The molecule has 2 aromatic rings. The lowest BCUT2D eigenvalue weighted by atomic mass is 10.2. The van der Waals surface area contributed by atoms with Gasteiger partial charge < -0.3 is 19.6 Å². The van der Waals surface area contributed by atoms with Crippen molar-refractivity contribution in [3.05, 3.63) is 54.5 Å². The fraction of sp³-hybridized carbons (Fsp3) is 0.312. The van der Waals surface area contributed by atoms with Gasteiger partial charge in [0.15, 0.2) is 6.10 Å². The molecule has 0 bridgehead atoms. The number of hydrogen-bond donors (Lipinski definition) is 2. The predicted octanol–water partition coefficient (Wildman–Crippen LogP) is 2.29. The highest BCUT2D eigenvalue weighted by Crippen LogP contribution is 2.16. The molecule has 0 aliphatic carbocycles. The van der Waals surface area contributed by atoms with Gasteiger partial charge in [-0.2, -0.15) is 0 Å². The van der Waals surface area contributed by atoms with Crippen LogP contribution >= 0.6 is 0 Å². The number of para-hydroxylation sites is 1. The van der Waals surface area contributed by atoms with Crippen molar-refractivity contribution in [3.63, 3.8) is 0 Å². The van der Waals surface area contributed by atoms with E-state index in [1.165, 1.54) is 6.26 Å². The van der Waals surface area contributed by atoms with Crippen LogP contribution in [0, 0.1) is 0 Å². The predicted molar refractivity (Wildman–Crippen MR) is 77.8 cm³/mol. The summed E-state index contributed by atoms with van der Waals surface area (Å²) in [5.74, 6) is 0.930. The van der Waals surface area contributed by atoms with E-state index < -0.39 is 12.2 Å². The molecule has 2 N–H and O–H groups in total. The van der Waals surface area contributed by atoms with Crippen LogP contribution in [-0.2, 0) is 4.79 Å². The monoisotopic (exact) mass is 289 g/mol. The average Bonchev–Trinajstić information content (AvgIpc) is 3.02. The van der Waals surface area contributed by atoms with Crippen LogP contribution in [0.4, 0.5) is 0 Å². The van der Waals surface area contributed by atoms with Crippen molar-refractivity contribution in [1.29, 1.82) is 0 Å². The Morgan fingerprint density at radius 1 is 1.29 bits per heavy atom. The Kier molecular flexibility index (Phi) is 5.40. The fourth-order valence-electron chi connectivity index (χ4n) is 1.86. The number of aliphatic hydroxyl groups excluding tert-OH is 1. The fourth-order valence-corrected chi connectivity index (χ4v) is 1.86. The number of nitrogens with one attached hydrogen (secondary N) is 1. The highest BCUT2D eigenvalue weighted by atomic mass is 16.5. The number of aliphatic hydroxyl groups is 1. The standard InChI is InChI=1S/C16H19NO4/c1-12(21-13-6-3-2-4-7-13)16(19)17-10-9-14(18)15-8-5-11-20-15/h2-8,11-12,14,18H,9-10H2,1H3,(H,17,19)/t12-,14+/m1/s1. The SMILES string of the molecule is C[C@@H](Oc1ccccc1)C(=O)NCC[C@H](O)c1ccco1. The van der Waals surface area contributed by atoms with E-state index in [1.807, 2.05) is 18.2 Å². The van der Waals surface area contributed by atoms with Gasteiger partial charge in [0.1, 0.15) is 17.6 Å². The molecule has 0 aliphatic rings. The van der Waals surface area contributed by atoms with Gasteiger partial charge in [0.25, 0.3) is 5.91 Å². The highest BCUT2D eigenvalue weighted by Gasteiger charge is 2.15. The van der Waals surface area contributed by atoms with Crippen LogP contribution in [0.2, 0.25) is 0 Å². The van der Waals surface area contributed by atoms with Gasteiger partial charge in [-0.05, 0) is 37.6 Å². The van der Waals surface area contributed by atoms with E-state index in [9.17, 15) is 9.90 Å². The van der Waals surface area contributed by atoms with Crippen molar-refractivity contribution in [2.75, 3.05) is 6.54 Å². The molecule has 112 valence electrons. The normalized spacial score (nSPS) is 13.4. The summed E-state index contributed by atoms with van der Waals surface area (Å²) in [4.78, 5) is 11.9. The molecule has 1 heterocycles. The van der Waals surface area contributed by atoms with E-state index in [4.69, 9.17) is 9.15 Å². The van der Waals surface area contributed by atoms with E-state index in [2.05, 4.69) is 5.32 Å². The second-order valence-electron chi connectivity index (χ2n) is 4.68. The van der Waals surface area contributed by atoms with Crippen LogP contribution in [0.1, 0.15) is 25.2 Å². The molecule has 0 fully saturated rings. The van der Waals surface area contributed by atoms with Crippen LogP contribution in [0.25, 0.3) is 0 Å². The lowest BCUT2D eigenvalue weighted by Gasteiger charge is -2.15. The first-order valence-electron chi connectivity index (χ1n) is 6.87. The number of furan rings is 1. The van der Waals surface area contributed by atoms with Gasteiger partial charge in [0.05, 0.1) is 6.26 Å². The lowest BCUT2D eigenvalue weighted by molar-refractivity contribution is -0.127. The summed E-state index contributed by atoms with van der Waals surface area (Å²) < 4.78 is 10.6. The Hall–Kier alpha value is -2.27.